The largest absolute Gasteiger partial charge is 0.545 e. The summed E-state index contributed by atoms with van der Waals surface area (Å²) in [6, 6.07) is 3.63. The molecule has 2 fully saturated rings. The normalized spacial score (nSPS) is 21.6. The van der Waals surface area contributed by atoms with Gasteiger partial charge >= 0.3 is 0 Å². The van der Waals surface area contributed by atoms with Crippen molar-refractivity contribution < 1.29 is 19.0 Å². The number of ether oxygens (including phenoxy) is 1. The summed E-state index contributed by atoms with van der Waals surface area (Å²) in [4.78, 5) is 10.9. The number of aromatic carboxylic acids is 1. The van der Waals surface area contributed by atoms with Gasteiger partial charge in [-0.05, 0) is 62.6 Å². The monoisotopic (exact) mass is 291 g/mol. The lowest BCUT2D eigenvalue weighted by Crippen LogP contribution is -2.40. The molecule has 4 heteroatoms. The third-order valence-corrected chi connectivity index (χ3v) is 5.03. The Balaban J connectivity index is 1.89. The highest BCUT2D eigenvalue weighted by Crippen LogP contribution is 2.47. The van der Waals surface area contributed by atoms with Crippen molar-refractivity contribution in [3.63, 3.8) is 0 Å². The zero-order valence-corrected chi connectivity index (χ0v) is 12.1. The van der Waals surface area contributed by atoms with Crippen molar-refractivity contribution in [2.45, 2.75) is 57.0 Å². The summed E-state index contributed by atoms with van der Waals surface area (Å²) in [5.74, 6) is -1.28. The molecule has 0 aromatic heterocycles. The van der Waals surface area contributed by atoms with Crippen LogP contribution in [-0.4, -0.2) is 11.6 Å². The molecule has 0 unspecified atom stereocenters. The summed E-state index contributed by atoms with van der Waals surface area (Å²) in [7, 11) is 0. The first-order valence-corrected chi connectivity index (χ1v) is 7.81. The molecule has 0 saturated heterocycles. The fraction of sp³-hybridized carbons (Fsp3) is 0.588. The standard InChI is InChI=1S/C17H21FO3/c18-14-8-7-12(16(19)20)11-15(14)21-17(9-3-4-10-17)13-5-1-2-6-13/h7-8,11,13H,1-6,9-10H2,(H,19,20)/p-1. The first-order valence-electron chi connectivity index (χ1n) is 7.81. The second-order valence-electron chi connectivity index (χ2n) is 6.29. The number of carboxylic acid groups (broad SMARTS) is 1. The van der Waals surface area contributed by atoms with Gasteiger partial charge in [-0.1, -0.05) is 12.8 Å². The molecule has 3 rings (SSSR count). The predicted molar refractivity (Wildman–Crippen MR) is 74.5 cm³/mol. The summed E-state index contributed by atoms with van der Waals surface area (Å²) in [6.45, 7) is 0. The third-order valence-electron chi connectivity index (χ3n) is 5.03. The molecule has 1 aromatic rings. The van der Waals surface area contributed by atoms with E-state index in [9.17, 15) is 14.3 Å². The van der Waals surface area contributed by atoms with Crippen LogP contribution in [0.3, 0.4) is 0 Å². The van der Waals surface area contributed by atoms with E-state index in [-0.39, 0.29) is 16.9 Å². The van der Waals surface area contributed by atoms with E-state index in [1.54, 1.807) is 0 Å². The Labute approximate surface area is 124 Å². The average molecular weight is 291 g/mol. The summed E-state index contributed by atoms with van der Waals surface area (Å²) >= 11 is 0. The molecule has 2 aliphatic carbocycles. The molecule has 0 heterocycles. The third kappa shape index (κ3) is 2.76. The van der Waals surface area contributed by atoms with Crippen LogP contribution in [0.1, 0.15) is 61.7 Å². The Morgan fingerprint density at radius 1 is 1.19 bits per heavy atom. The van der Waals surface area contributed by atoms with E-state index in [0.717, 1.165) is 44.6 Å². The summed E-state index contributed by atoms with van der Waals surface area (Å²) in [5.41, 5.74) is -0.340. The lowest BCUT2D eigenvalue weighted by atomic mass is 9.84. The minimum atomic E-state index is -1.30. The van der Waals surface area contributed by atoms with Crippen LogP contribution < -0.4 is 9.84 Å². The van der Waals surface area contributed by atoms with E-state index in [1.165, 1.54) is 25.0 Å². The zero-order valence-electron chi connectivity index (χ0n) is 12.1. The van der Waals surface area contributed by atoms with Gasteiger partial charge in [-0.15, -0.1) is 0 Å². The lowest BCUT2D eigenvalue weighted by molar-refractivity contribution is -0.255. The van der Waals surface area contributed by atoms with E-state index in [0.29, 0.717) is 5.92 Å². The Kier molecular flexibility index (Phi) is 3.87. The number of carbonyl (C=O) groups excluding carboxylic acids is 1. The van der Waals surface area contributed by atoms with Gasteiger partial charge in [0, 0.05) is 5.56 Å². The Morgan fingerprint density at radius 3 is 2.48 bits per heavy atom. The molecule has 0 N–H and O–H groups in total. The fourth-order valence-corrected chi connectivity index (χ4v) is 3.95. The van der Waals surface area contributed by atoms with E-state index in [2.05, 4.69) is 0 Å². The molecule has 0 atom stereocenters. The van der Waals surface area contributed by atoms with E-state index in [4.69, 9.17) is 4.74 Å². The van der Waals surface area contributed by atoms with Crippen molar-refractivity contribution in [1.29, 1.82) is 0 Å². The molecular weight excluding hydrogens is 271 g/mol. The number of halogens is 1. The molecule has 21 heavy (non-hydrogen) atoms. The van der Waals surface area contributed by atoms with Gasteiger partial charge < -0.3 is 14.6 Å². The van der Waals surface area contributed by atoms with Gasteiger partial charge in [-0.3, -0.25) is 0 Å². The molecule has 3 nitrogen and oxygen atoms in total. The van der Waals surface area contributed by atoms with E-state index < -0.39 is 11.8 Å². The Bertz CT molecular complexity index is 529. The van der Waals surface area contributed by atoms with Gasteiger partial charge in [0.1, 0.15) is 5.60 Å². The van der Waals surface area contributed by atoms with Crippen LogP contribution >= 0.6 is 0 Å². The van der Waals surface area contributed by atoms with Crippen LogP contribution in [0.5, 0.6) is 5.75 Å². The number of carboxylic acids is 1. The number of benzene rings is 1. The van der Waals surface area contributed by atoms with Crippen molar-refractivity contribution in [3.05, 3.63) is 29.6 Å². The smallest absolute Gasteiger partial charge is 0.165 e. The van der Waals surface area contributed by atoms with Crippen LogP contribution in [0.2, 0.25) is 0 Å². The number of rotatable bonds is 4. The van der Waals surface area contributed by atoms with Gasteiger partial charge in [0.25, 0.3) is 0 Å². The molecular formula is C17H20FO3-. The van der Waals surface area contributed by atoms with Gasteiger partial charge in [0.15, 0.2) is 11.6 Å². The lowest BCUT2D eigenvalue weighted by Gasteiger charge is -2.36. The second-order valence-corrected chi connectivity index (χ2v) is 6.29. The van der Waals surface area contributed by atoms with Crippen molar-refractivity contribution in [1.82, 2.24) is 0 Å². The summed E-state index contributed by atoms with van der Waals surface area (Å²) in [5, 5.41) is 10.9. The highest BCUT2D eigenvalue weighted by atomic mass is 19.1. The van der Waals surface area contributed by atoms with Crippen LogP contribution in [0, 0.1) is 11.7 Å². The molecule has 1 aromatic carbocycles. The SMILES string of the molecule is O=C([O-])c1ccc(F)c(OC2(C3CCCC3)CCCC2)c1. The van der Waals surface area contributed by atoms with Crippen molar-refractivity contribution in [3.8, 4) is 5.75 Å². The van der Waals surface area contributed by atoms with Crippen molar-refractivity contribution >= 4 is 5.97 Å². The van der Waals surface area contributed by atoms with Gasteiger partial charge in [0.2, 0.25) is 0 Å². The van der Waals surface area contributed by atoms with Gasteiger partial charge in [-0.2, -0.15) is 0 Å². The van der Waals surface area contributed by atoms with Gasteiger partial charge in [0.05, 0.1) is 5.97 Å². The minimum absolute atomic E-state index is 0.0361. The first-order chi connectivity index (χ1) is 10.1. The van der Waals surface area contributed by atoms with Crippen molar-refractivity contribution in [2.75, 3.05) is 0 Å². The van der Waals surface area contributed by atoms with Gasteiger partial charge in [-0.25, -0.2) is 4.39 Å². The zero-order chi connectivity index (χ0) is 14.9. The van der Waals surface area contributed by atoms with E-state index in [1.807, 2.05) is 0 Å². The quantitative estimate of drug-likeness (QED) is 0.856. The second kappa shape index (κ2) is 5.66. The van der Waals surface area contributed by atoms with Crippen LogP contribution in [-0.2, 0) is 0 Å². The molecule has 0 amide bonds. The average Bonchev–Trinajstić information content (AvgIpc) is 3.12. The van der Waals surface area contributed by atoms with Crippen molar-refractivity contribution in [2.24, 2.45) is 5.92 Å². The topological polar surface area (TPSA) is 49.4 Å². The maximum atomic E-state index is 14.0. The first kappa shape index (κ1) is 14.4. The highest BCUT2D eigenvalue weighted by molar-refractivity contribution is 5.86. The highest BCUT2D eigenvalue weighted by Gasteiger charge is 2.44. The molecule has 0 bridgehead atoms. The van der Waals surface area contributed by atoms with Crippen LogP contribution in [0.25, 0.3) is 0 Å². The predicted octanol–water partition coefficient (Wildman–Crippen LogP) is 3.07. The number of hydrogen-bond donors (Lipinski definition) is 0. The molecule has 0 radical (unpaired) electrons. The molecule has 2 saturated carbocycles. The Hall–Kier alpha value is -1.58. The molecule has 2 aliphatic rings. The molecule has 0 aliphatic heterocycles. The molecule has 0 spiro atoms. The Morgan fingerprint density at radius 2 is 1.86 bits per heavy atom. The van der Waals surface area contributed by atoms with E-state index >= 15 is 0 Å². The minimum Gasteiger partial charge on any atom is -0.545 e. The number of carbonyl (C=O) groups is 1. The van der Waals surface area contributed by atoms with Crippen LogP contribution in [0.15, 0.2) is 18.2 Å². The molecule has 114 valence electrons. The summed E-state index contributed by atoms with van der Waals surface area (Å²) in [6.07, 6.45) is 8.73. The fourth-order valence-electron chi connectivity index (χ4n) is 3.95. The van der Waals surface area contributed by atoms with Crippen LogP contribution in [0.4, 0.5) is 4.39 Å². The maximum absolute atomic E-state index is 14.0. The number of hydrogen-bond acceptors (Lipinski definition) is 3. The maximum Gasteiger partial charge on any atom is 0.165 e. The summed E-state index contributed by atoms with van der Waals surface area (Å²) < 4.78 is 20.1.